The van der Waals surface area contributed by atoms with E-state index in [1.54, 1.807) is 60.8 Å². The first-order valence-corrected chi connectivity index (χ1v) is 29.6. The van der Waals surface area contributed by atoms with Gasteiger partial charge in [0.25, 0.3) is 0 Å². The fourth-order valence-corrected chi connectivity index (χ4v) is 10.2. The van der Waals surface area contributed by atoms with Crippen molar-refractivity contribution in [1.82, 2.24) is 52.4 Å². The van der Waals surface area contributed by atoms with Crippen LogP contribution in [0, 0.1) is 0 Å². The number of hydrogen-bond donors (Lipinski definition) is 17. The number of amides is 10. The first kappa shape index (κ1) is 70.1. The standard InChI is InChI=1S/C62H79N13O16/c1-34(53(81)73-49(28-35-10-3-2-4-11-35)61(89)75-25-9-15-51(75)60(88)74-50(33-77)59(87)68-44(62(90)91)14-7-8-24-63)67-55(83)47(29-38-31-66-43-13-6-5-12-41(38)43)72-57(85)46(27-37-18-22-40(79)23-19-37)70-56(84)45(26-36-16-20-39(78)21-17-36)71-58(86)48(30-52(65)80)69-54(82)42(64)32-76/h2-6,10-13,16-23,31,34,42,44-51,66,76-79H,7-9,14-15,24-30,32-33,63-64H2,1H3,(H2,65,80)(H,67,83)(H,68,87)(H,69,82)(H,70,84)(H,71,86)(H,72,85)(H,73,81)(H,74,88)(H,90,91)/t34-,42-,44-,45-,46-,47-,48-,49-,50-,51-/m0/s1. The molecule has 10 amide bonds. The number of H-pyrrole nitrogens is 1. The van der Waals surface area contributed by atoms with Crippen molar-refractivity contribution in [3.05, 3.63) is 132 Å². The van der Waals surface area contributed by atoms with Crippen LogP contribution in [0.15, 0.2) is 109 Å². The maximum Gasteiger partial charge on any atom is 0.326 e. The minimum atomic E-state index is -1.71. The molecule has 29 nitrogen and oxygen atoms in total. The van der Waals surface area contributed by atoms with Crippen molar-refractivity contribution in [2.24, 2.45) is 17.2 Å². The number of aromatic amines is 1. The summed E-state index contributed by atoms with van der Waals surface area (Å²) in [4.78, 5) is 156. The van der Waals surface area contributed by atoms with Crippen LogP contribution >= 0.6 is 0 Å². The highest BCUT2D eigenvalue weighted by atomic mass is 16.4. The second kappa shape index (κ2) is 34.1. The summed E-state index contributed by atoms with van der Waals surface area (Å²) in [6.07, 6.45) is 1.28. The number of unbranched alkanes of at least 4 members (excludes halogenated alkanes) is 1. The van der Waals surface area contributed by atoms with Crippen molar-refractivity contribution in [1.29, 1.82) is 0 Å². The number of para-hydroxylation sites is 1. The molecular weight excluding hydrogens is 1180 g/mol. The van der Waals surface area contributed by atoms with E-state index < -0.39 is 145 Å². The number of likely N-dealkylation sites (tertiary alicyclic amines) is 1. The van der Waals surface area contributed by atoms with Gasteiger partial charge in [-0.15, -0.1) is 0 Å². The number of phenols is 2. The highest BCUT2D eigenvalue weighted by molar-refractivity contribution is 6.00. The molecular formula is C62H79N13O16. The maximum absolute atomic E-state index is 15.0. The fourth-order valence-electron chi connectivity index (χ4n) is 10.2. The molecule has 0 spiro atoms. The number of carboxylic acids is 1. The number of aromatic nitrogens is 1. The molecule has 5 aromatic rings. The highest BCUT2D eigenvalue weighted by Gasteiger charge is 2.41. The van der Waals surface area contributed by atoms with Gasteiger partial charge in [-0.2, -0.15) is 0 Å². The minimum absolute atomic E-state index is 0.0385. The molecule has 0 bridgehead atoms. The van der Waals surface area contributed by atoms with Crippen LogP contribution in [0.4, 0.5) is 0 Å². The Hall–Kier alpha value is -9.97. The van der Waals surface area contributed by atoms with Crippen molar-refractivity contribution in [3.63, 3.8) is 0 Å². The molecule has 1 aliphatic rings. The molecule has 10 atom stereocenters. The molecule has 0 radical (unpaired) electrons. The highest BCUT2D eigenvalue weighted by Crippen LogP contribution is 2.23. The number of nitrogens with two attached hydrogens (primary N) is 3. The summed E-state index contributed by atoms with van der Waals surface area (Å²) in [5.41, 5.74) is 19.2. The molecule has 1 saturated heterocycles. The topological polar surface area (TPSA) is 482 Å². The summed E-state index contributed by atoms with van der Waals surface area (Å²) in [6, 6.07) is 11.9. The number of nitrogens with one attached hydrogen (secondary N) is 9. The van der Waals surface area contributed by atoms with Gasteiger partial charge < -0.3 is 95.2 Å². The molecule has 488 valence electrons. The number of aliphatic hydroxyl groups is 2. The second-order valence-corrected chi connectivity index (χ2v) is 22.1. The van der Waals surface area contributed by atoms with Gasteiger partial charge in [-0.25, -0.2) is 4.79 Å². The molecule has 4 aromatic carbocycles. The first-order valence-electron chi connectivity index (χ1n) is 29.6. The fraction of sp³-hybridized carbons (Fsp3) is 0.403. The van der Waals surface area contributed by atoms with Crippen LogP contribution in [0.3, 0.4) is 0 Å². The number of phenolic OH excluding ortho intramolecular Hbond substituents is 2. The first-order chi connectivity index (χ1) is 43.5. The number of carboxylic acid groups (broad SMARTS) is 1. The van der Waals surface area contributed by atoms with Crippen LogP contribution in [0.25, 0.3) is 10.9 Å². The summed E-state index contributed by atoms with van der Waals surface area (Å²) in [7, 11) is 0. The molecule has 20 N–H and O–H groups in total. The Labute approximate surface area is 523 Å². The van der Waals surface area contributed by atoms with Gasteiger partial charge in [0.15, 0.2) is 0 Å². The summed E-state index contributed by atoms with van der Waals surface area (Å²) in [5.74, 6) is -11.0. The number of aliphatic carboxylic acids is 1. The number of rotatable bonds is 34. The Morgan fingerprint density at radius 2 is 1.05 bits per heavy atom. The van der Waals surface area contributed by atoms with Crippen LogP contribution in [0.1, 0.15) is 67.7 Å². The number of nitrogens with zero attached hydrogens (tertiary/aromatic N) is 1. The van der Waals surface area contributed by atoms with E-state index in [1.807, 2.05) is 0 Å². The van der Waals surface area contributed by atoms with Crippen molar-refractivity contribution in [2.45, 2.75) is 132 Å². The lowest BCUT2D eigenvalue weighted by Gasteiger charge is -2.30. The number of fused-ring (bicyclic) bond motifs is 1. The van der Waals surface area contributed by atoms with Crippen molar-refractivity contribution in [2.75, 3.05) is 26.3 Å². The van der Waals surface area contributed by atoms with Crippen LogP contribution in [-0.2, 0) is 78.4 Å². The summed E-state index contributed by atoms with van der Waals surface area (Å²) in [6.45, 7) is -0.0638. The van der Waals surface area contributed by atoms with E-state index in [9.17, 15) is 78.3 Å². The predicted octanol–water partition coefficient (Wildman–Crippen LogP) is -2.86. The molecule has 1 aliphatic heterocycles. The zero-order chi connectivity index (χ0) is 66.3. The van der Waals surface area contributed by atoms with Crippen LogP contribution < -0.4 is 59.7 Å². The Bertz CT molecular complexity index is 3350. The number of primary amides is 1. The number of aromatic hydroxyl groups is 2. The Kier molecular flexibility index (Phi) is 26.3. The van der Waals surface area contributed by atoms with Gasteiger partial charge in [0.2, 0.25) is 59.1 Å². The van der Waals surface area contributed by atoms with Crippen molar-refractivity contribution >= 4 is 75.9 Å². The van der Waals surface area contributed by atoms with E-state index >= 15 is 0 Å². The Morgan fingerprint density at radius 3 is 1.62 bits per heavy atom. The lowest BCUT2D eigenvalue weighted by Crippen LogP contribution is -2.61. The lowest BCUT2D eigenvalue weighted by molar-refractivity contribution is -0.144. The molecule has 1 aromatic heterocycles. The number of aliphatic hydroxyl groups excluding tert-OH is 2. The van der Waals surface area contributed by atoms with Gasteiger partial charge in [0.1, 0.15) is 71.9 Å². The average Bonchev–Trinajstić information content (AvgIpc) is 2.06. The van der Waals surface area contributed by atoms with Crippen LogP contribution in [0.5, 0.6) is 11.5 Å². The van der Waals surface area contributed by atoms with Gasteiger partial charge in [-0.05, 0) is 98.2 Å². The van der Waals surface area contributed by atoms with Crippen molar-refractivity contribution < 1.29 is 78.3 Å². The SMILES string of the molecule is C[C@H](NC(=O)[C@H](Cc1c[nH]c2ccccc12)NC(=O)[C@H](Cc1ccc(O)cc1)NC(=O)[C@H](Cc1ccc(O)cc1)NC(=O)[C@H](CC(N)=O)NC(=O)[C@@H](N)CO)C(=O)N[C@@H](Cc1ccccc1)C(=O)N1CCC[C@H]1C(=O)N[C@@H](CO)C(=O)N[C@@H](CCCCN)C(=O)O. The largest absolute Gasteiger partial charge is 0.508 e. The third-order valence-electron chi connectivity index (χ3n) is 15.2. The zero-order valence-electron chi connectivity index (χ0n) is 50.0. The summed E-state index contributed by atoms with van der Waals surface area (Å²) < 4.78 is 0. The normalized spacial score (nSPS) is 15.8. The maximum atomic E-state index is 15.0. The van der Waals surface area contributed by atoms with Gasteiger partial charge in [-0.3, -0.25) is 47.9 Å². The molecule has 1 fully saturated rings. The molecule has 0 unspecified atom stereocenters. The smallest absolute Gasteiger partial charge is 0.326 e. The predicted molar refractivity (Wildman–Crippen MR) is 328 cm³/mol. The average molecular weight is 1260 g/mol. The molecule has 29 heteroatoms. The number of benzene rings is 4. The van der Waals surface area contributed by atoms with Gasteiger partial charge >= 0.3 is 5.97 Å². The molecule has 2 heterocycles. The van der Waals surface area contributed by atoms with Crippen LogP contribution in [0.2, 0.25) is 0 Å². The van der Waals surface area contributed by atoms with E-state index in [0.717, 1.165) is 0 Å². The van der Waals surface area contributed by atoms with E-state index in [1.165, 1.54) is 60.4 Å². The molecule has 0 saturated carbocycles. The number of carbonyl (C=O) groups is 11. The van der Waals surface area contributed by atoms with E-state index in [-0.39, 0.29) is 56.6 Å². The monoisotopic (exact) mass is 1260 g/mol. The molecule has 6 rings (SSSR count). The number of hydrogen-bond acceptors (Lipinski definition) is 17. The summed E-state index contributed by atoms with van der Waals surface area (Å²) >= 11 is 0. The lowest BCUT2D eigenvalue weighted by atomic mass is 10.00. The Balaban J connectivity index is 1.26. The summed E-state index contributed by atoms with van der Waals surface area (Å²) in [5, 5.41) is 70.5. The van der Waals surface area contributed by atoms with Crippen LogP contribution in [-0.4, -0.2) is 187 Å². The minimum Gasteiger partial charge on any atom is -0.508 e. The number of carbonyl (C=O) groups excluding carboxylic acids is 10. The van der Waals surface area contributed by atoms with Crippen molar-refractivity contribution in [3.8, 4) is 11.5 Å². The van der Waals surface area contributed by atoms with E-state index in [2.05, 4.69) is 47.5 Å². The van der Waals surface area contributed by atoms with Gasteiger partial charge in [-0.1, -0.05) is 72.8 Å². The third kappa shape index (κ3) is 20.8. The Morgan fingerprint density at radius 1 is 0.560 bits per heavy atom. The molecule has 0 aliphatic carbocycles. The zero-order valence-corrected chi connectivity index (χ0v) is 50.0. The molecule has 91 heavy (non-hydrogen) atoms. The third-order valence-corrected chi connectivity index (χ3v) is 15.2. The van der Waals surface area contributed by atoms with Gasteiger partial charge in [0, 0.05) is 49.3 Å². The van der Waals surface area contributed by atoms with E-state index in [4.69, 9.17) is 17.2 Å². The second-order valence-electron chi connectivity index (χ2n) is 22.1. The quantitative estimate of drug-likeness (QED) is 0.0184. The van der Waals surface area contributed by atoms with E-state index in [0.29, 0.717) is 59.0 Å². The van der Waals surface area contributed by atoms with Gasteiger partial charge in [0.05, 0.1) is 19.6 Å².